The van der Waals surface area contributed by atoms with Gasteiger partial charge in [-0.25, -0.2) is 0 Å². The Morgan fingerprint density at radius 1 is 1.19 bits per heavy atom. The van der Waals surface area contributed by atoms with Crippen molar-refractivity contribution in [1.82, 2.24) is 9.80 Å². The van der Waals surface area contributed by atoms with Gasteiger partial charge in [-0.3, -0.25) is 4.79 Å². The van der Waals surface area contributed by atoms with Crippen LogP contribution < -0.4 is 4.90 Å². The lowest BCUT2D eigenvalue weighted by Crippen LogP contribution is -2.34. The van der Waals surface area contributed by atoms with Crippen LogP contribution >= 0.6 is 11.6 Å². The fourth-order valence-electron chi connectivity index (χ4n) is 1.74. The van der Waals surface area contributed by atoms with E-state index in [2.05, 4.69) is 4.90 Å². The number of likely N-dealkylation sites (N-methyl/N-ethyl adjacent to an activating group) is 3. The number of halogens is 1. The van der Waals surface area contributed by atoms with Crippen molar-refractivity contribution in [1.29, 1.82) is 0 Å². The van der Waals surface area contributed by atoms with Crippen LogP contribution in [-0.2, 0) is 4.79 Å². The molecular weight excluding hydrogens is 286 g/mol. The lowest BCUT2D eigenvalue weighted by Gasteiger charge is -2.23. The summed E-state index contributed by atoms with van der Waals surface area (Å²) >= 11 is 5.98. The van der Waals surface area contributed by atoms with Crippen molar-refractivity contribution in [3.8, 4) is 0 Å². The molecule has 0 spiro atoms. The van der Waals surface area contributed by atoms with Gasteiger partial charge in [-0.05, 0) is 32.3 Å². The van der Waals surface area contributed by atoms with Crippen molar-refractivity contribution in [2.75, 3.05) is 52.7 Å². The molecule has 1 aromatic carbocycles. The molecule has 5 heteroatoms. The van der Waals surface area contributed by atoms with E-state index in [0.29, 0.717) is 6.54 Å². The smallest absolute Gasteiger partial charge is 0.246 e. The van der Waals surface area contributed by atoms with Crippen molar-refractivity contribution in [2.45, 2.75) is 0 Å². The summed E-state index contributed by atoms with van der Waals surface area (Å²) in [7, 11) is 7.75. The van der Waals surface area contributed by atoms with E-state index in [9.17, 15) is 4.79 Å². The Kier molecular flexibility index (Phi) is 7.26. The summed E-state index contributed by atoms with van der Waals surface area (Å²) in [4.78, 5) is 17.7. The molecule has 4 nitrogen and oxygen atoms in total. The number of hydrogen-bond donors (Lipinski definition) is 0. The largest absolute Gasteiger partial charge is 0.373 e. The third kappa shape index (κ3) is 6.65. The molecule has 0 N–H and O–H groups in total. The van der Waals surface area contributed by atoms with Gasteiger partial charge in [0.2, 0.25) is 5.91 Å². The lowest BCUT2D eigenvalue weighted by atomic mass is 10.3. The van der Waals surface area contributed by atoms with Crippen molar-refractivity contribution >= 4 is 23.2 Å². The fourth-order valence-corrected chi connectivity index (χ4v) is 1.93. The third-order valence-corrected chi connectivity index (χ3v) is 3.36. The van der Waals surface area contributed by atoms with Gasteiger partial charge in [0.1, 0.15) is 0 Å². The van der Waals surface area contributed by atoms with Gasteiger partial charge in [0.05, 0.1) is 0 Å². The zero-order chi connectivity index (χ0) is 15.8. The van der Waals surface area contributed by atoms with E-state index in [0.717, 1.165) is 23.8 Å². The number of rotatable bonds is 7. The van der Waals surface area contributed by atoms with Crippen LogP contribution in [0.15, 0.2) is 36.4 Å². The molecule has 0 fully saturated rings. The molecule has 0 bridgehead atoms. The fraction of sp³-hybridized carbons (Fsp3) is 0.438. The number of carbonyl (C=O) groups is 1. The van der Waals surface area contributed by atoms with E-state index in [4.69, 9.17) is 11.6 Å². The molecule has 0 aliphatic rings. The first-order chi connectivity index (χ1) is 9.90. The van der Waals surface area contributed by atoms with Crippen LogP contribution in [0.25, 0.3) is 0 Å². The summed E-state index contributed by atoms with van der Waals surface area (Å²) in [6.07, 6.45) is 3.50. The summed E-state index contributed by atoms with van der Waals surface area (Å²) in [6.45, 7) is 2.18. The highest BCUT2D eigenvalue weighted by Crippen LogP contribution is 2.17. The first-order valence-corrected chi connectivity index (χ1v) is 7.31. The van der Waals surface area contributed by atoms with Gasteiger partial charge in [-0.1, -0.05) is 23.7 Å². The Morgan fingerprint density at radius 2 is 1.90 bits per heavy atom. The van der Waals surface area contributed by atoms with Crippen LogP contribution in [-0.4, -0.2) is 63.5 Å². The van der Waals surface area contributed by atoms with Crippen molar-refractivity contribution in [3.05, 3.63) is 41.4 Å². The highest BCUT2D eigenvalue weighted by molar-refractivity contribution is 6.30. The molecule has 0 aliphatic carbocycles. The van der Waals surface area contributed by atoms with E-state index >= 15 is 0 Å². The Morgan fingerprint density at radius 3 is 2.52 bits per heavy atom. The zero-order valence-electron chi connectivity index (χ0n) is 13.2. The standard InChI is InChI=1S/C16H24ClN3O/c1-18(2)10-6-9-16(21)20(4)12-11-19(3)15-8-5-7-14(17)13-15/h5-9,13H,10-12H2,1-4H3/b9-6+. The van der Waals surface area contributed by atoms with Crippen LogP contribution in [0.5, 0.6) is 0 Å². The Bertz CT molecular complexity index is 488. The van der Waals surface area contributed by atoms with E-state index in [1.807, 2.05) is 63.4 Å². The average molecular weight is 310 g/mol. The van der Waals surface area contributed by atoms with Gasteiger partial charge < -0.3 is 14.7 Å². The van der Waals surface area contributed by atoms with Gasteiger partial charge in [0.15, 0.2) is 0 Å². The minimum atomic E-state index is 0.0244. The highest BCUT2D eigenvalue weighted by Gasteiger charge is 2.07. The molecule has 1 amide bonds. The second kappa shape index (κ2) is 8.70. The number of nitrogens with zero attached hydrogens (tertiary/aromatic N) is 3. The summed E-state index contributed by atoms with van der Waals surface area (Å²) in [5.41, 5.74) is 1.05. The lowest BCUT2D eigenvalue weighted by molar-refractivity contribution is -0.124. The highest BCUT2D eigenvalue weighted by atomic mass is 35.5. The van der Waals surface area contributed by atoms with Gasteiger partial charge in [-0.2, -0.15) is 0 Å². The molecule has 0 saturated heterocycles. The Labute approximate surface area is 132 Å². The topological polar surface area (TPSA) is 26.8 Å². The van der Waals surface area contributed by atoms with Gasteiger partial charge >= 0.3 is 0 Å². The van der Waals surface area contributed by atoms with Gasteiger partial charge in [0.25, 0.3) is 0 Å². The van der Waals surface area contributed by atoms with Crippen LogP contribution in [0, 0.1) is 0 Å². The van der Waals surface area contributed by atoms with Crippen molar-refractivity contribution in [3.63, 3.8) is 0 Å². The first kappa shape index (κ1) is 17.5. The molecule has 116 valence electrons. The van der Waals surface area contributed by atoms with Crippen LogP contribution in [0.1, 0.15) is 0 Å². The van der Waals surface area contributed by atoms with E-state index in [1.165, 1.54) is 0 Å². The quantitative estimate of drug-likeness (QED) is 0.723. The minimum absolute atomic E-state index is 0.0244. The molecule has 0 aromatic heterocycles. The second-order valence-corrected chi connectivity index (χ2v) is 5.76. The maximum Gasteiger partial charge on any atom is 0.246 e. The average Bonchev–Trinajstić information content (AvgIpc) is 2.43. The number of hydrogen-bond acceptors (Lipinski definition) is 3. The van der Waals surface area contributed by atoms with Gasteiger partial charge in [-0.15, -0.1) is 0 Å². The molecule has 21 heavy (non-hydrogen) atoms. The zero-order valence-corrected chi connectivity index (χ0v) is 14.0. The maximum absolute atomic E-state index is 11.9. The van der Waals surface area contributed by atoms with E-state index in [1.54, 1.807) is 11.0 Å². The number of anilines is 1. The minimum Gasteiger partial charge on any atom is -0.373 e. The SMILES string of the molecule is CN(C)C/C=C/C(=O)N(C)CCN(C)c1cccc(Cl)c1. The maximum atomic E-state index is 11.9. The molecule has 0 radical (unpaired) electrons. The van der Waals surface area contributed by atoms with Crippen LogP contribution in [0.2, 0.25) is 5.02 Å². The van der Waals surface area contributed by atoms with Crippen LogP contribution in [0.4, 0.5) is 5.69 Å². The normalized spacial score (nSPS) is 11.1. The Hall–Kier alpha value is -1.52. The summed E-state index contributed by atoms with van der Waals surface area (Å²) in [6, 6.07) is 7.70. The summed E-state index contributed by atoms with van der Waals surface area (Å²) < 4.78 is 0. The molecule has 1 rings (SSSR count). The predicted octanol–water partition coefficient (Wildman–Crippen LogP) is 2.35. The molecule has 0 atom stereocenters. The Balaban J connectivity index is 2.43. The molecule has 0 unspecified atom stereocenters. The summed E-state index contributed by atoms with van der Waals surface area (Å²) in [5, 5.41) is 0.718. The van der Waals surface area contributed by atoms with Gasteiger partial charge in [0, 0.05) is 50.5 Å². The van der Waals surface area contributed by atoms with E-state index < -0.39 is 0 Å². The summed E-state index contributed by atoms with van der Waals surface area (Å²) in [5.74, 6) is 0.0244. The number of amides is 1. The number of benzene rings is 1. The first-order valence-electron chi connectivity index (χ1n) is 6.93. The molecular formula is C16H24ClN3O. The van der Waals surface area contributed by atoms with Crippen molar-refractivity contribution < 1.29 is 4.79 Å². The molecule has 0 saturated carbocycles. The molecule has 0 heterocycles. The predicted molar refractivity (Wildman–Crippen MR) is 90.1 cm³/mol. The molecule has 1 aromatic rings. The third-order valence-electron chi connectivity index (χ3n) is 3.13. The van der Waals surface area contributed by atoms with Crippen LogP contribution in [0.3, 0.4) is 0 Å². The van der Waals surface area contributed by atoms with Crippen molar-refractivity contribution in [2.24, 2.45) is 0 Å². The number of carbonyl (C=O) groups excluding carboxylic acids is 1. The second-order valence-electron chi connectivity index (χ2n) is 5.33. The monoisotopic (exact) mass is 309 g/mol. The van der Waals surface area contributed by atoms with E-state index in [-0.39, 0.29) is 5.91 Å². The molecule has 0 aliphatic heterocycles.